The zero-order valence-electron chi connectivity index (χ0n) is 13.3. The van der Waals surface area contributed by atoms with Crippen molar-refractivity contribution in [1.29, 1.82) is 0 Å². The fourth-order valence-corrected chi connectivity index (χ4v) is 3.37. The average Bonchev–Trinajstić information content (AvgIpc) is 3.12. The molecule has 2 amide bonds. The van der Waals surface area contributed by atoms with E-state index in [0.29, 0.717) is 6.54 Å². The van der Waals surface area contributed by atoms with E-state index in [-0.39, 0.29) is 17.9 Å². The Bertz CT molecular complexity index is 667. The third kappa shape index (κ3) is 4.62. The van der Waals surface area contributed by atoms with E-state index in [1.807, 2.05) is 16.8 Å². The Morgan fingerprint density at radius 2 is 1.96 bits per heavy atom. The second-order valence-corrected chi connectivity index (χ2v) is 6.60. The van der Waals surface area contributed by atoms with Crippen molar-refractivity contribution in [3.63, 3.8) is 0 Å². The van der Waals surface area contributed by atoms with Crippen LogP contribution in [0, 0.1) is 0 Å². The summed E-state index contributed by atoms with van der Waals surface area (Å²) in [7, 11) is 0. The summed E-state index contributed by atoms with van der Waals surface area (Å²) in [6.07, 6.45) is 5.02. The number of aromatic nitrogens is 1. The van der Waals surface area contributed by atoms with E-state index in [1.54, 1.807) is 24.5 Å². The molecule has 3 rings (SSSR count). The third-order valence-corrected chi connectivity index (χ3v) is 4.72. The Labute approximate surface area is 144 Å². The van der Waals surface area contributed by atoms with Crippen LogP contribution in [0.2, 0.25) is 0 Å². The molecule has 0 radical (unpaired) electrons. The summed E-state index contributed by atoms with van der Waals surface area (Å²) < 4.78 is 0. The van der Waals surface area contributed by atoms with E-state index in [2.05, 4.69) is 20.5 Å². The van der Waals surface area contributed by atoms with Gasteiger partial charge in [0.2, 0.25) is 5.91 Å². The van der Waals surface area contributed by atoms with E-state index in [0.717, 1.165) is 37.2 Å². The second-order valence-electron chi connectivity index (χ2n) is 5.82. The van der Waals surface area contributed by atoms with Crippen molar-refractivity contribution < 1.29 is 9.59 Å². The minimum Gasteiger partial charge on any atom is -0.349 e. The van der Waals surface area contributed by atoms with Crippen LogP contribution in [0.15, 0.2) is 41.4 Å². The highest BCUT2D eigenvalue weighted by atomic mass is 32.1. The molecule has 0 unspecified atom stereocenters. The van der Waals surface area contributed by atoms with E-state index in [4.69, 9.17) is 0 Å². The summed E-state index contributed by atoms with van der Waals surface area (Å²) in [5.74, 6) is -0.0351. The van der Waals surface area contributed by atoms with Crippen LogP contribution in [-0.2, 0) is 4.79 Å². The molecule has 0 aliphatic carbocycles. The Morgan fingerprint density at radius 3 is 2.62 bits per heavy atom. The van der Waals surface area contributed by atoms with Gasteiger partial charge in [0, 0.05) is 48.2 Å². The average molecular weight is 344 g/mol. The maximum absolute atomic E-state index is 12.1. The van der Waals surface area contributed by atoms with Crippen molar-refractivity contribution in [3.05, 3.63) is 46.9 Å². The topological polar surface area (TPSA) is 74.3 Å². The lowest BCUT2D eigenvalue weighted by Crippen LogP contribution is -2.46. The molecular weight excluding hydrogens is 324 g/mol. The number of amides is 2. The minimum absolute atomic E-state index is 0.00914. The van der Waals surface area contributed by atoms with Crippen LogP contribution in [0.3, 0.4) is 0 Å². The van der Waals surface area contributed by atoms with Gasteiger partial charge < -0.3 is 10.6 Å². The molecule has 2 aromatic heterocycles. The number of carbonyl (C=O) groups excluding carboxylic acids is 2. The van der Waals surface area contributed by atoms with Gasteiger partial charge >= 0.3 is 0 Å². The van der Waals surface area contributed by atoms with Gasteiger partial charge in [-0.2, -0.15) is 11.3 Å². The molecule has 0 atom stereocenters. The van der Waals surface area contributed by atoms with Crippen LogP contribution in [0.4, 0.5) is 5.69 Å². The highest BCUT2D eigenvalue weighted by Crippen LogP contribution is 2.13. The summed E-state index contributed by atoms with van der Waals surface area (Å²) in [5.41, 5.74) is 1.48. The number of nitrogens with zero attached hydrogens (tertiary/aromatic N) is 2. The number of hydrogen-bond acceptors (Lipinski definition) is 5. The van der Waals surface area contributed by atoms with Gasteiger partial charge in [0.15, 0.2) is 0 Å². The van der Waals surface area contributed by atoms with Crippen molar-refractivity contribution in [2.75, 3.05) is 25.0 Å². The second kappa shape index (κ2) is 8.03. The van der Waals surface area contributed by atoms with Crippen LogP contribution in [0.25, 0.3) is 0 Å². The molecule has 0 saturated carbocycles. The molecule has 1 aliphatic heterocycles. The molecule has 1 saturated heterocycles. The fourth-order valence-electron chi connectivity index (χ4n) is 2.74. The fraction of sp³-hybridized carbons (Fsp3) is 0.353. The maximum Gasteiger partial charge on any atom is 0.252 e. The quantitative estimate of drug-likeness (QED) is 0.870. The Hall–Kier alpha value is -2.25. The lowest BCUT2D eigenvalue weighted by Gasteiger charge is -2.31. The summed E-state index contributed by atoms with van der Waals surface area (Å²) >= 11 is 1.52. The number of pyridine rings is 1. The number of thiophene rings is 1. The SMILES string of the molecule is O=C(CN1CCC(NC(=O)c2ccsc2)CC1)Nc1ccncc1. The lowest BCUT2D eigenvalue weighted by molar-refractivity contribution is -0.117. The lowest BCUT2D eigenvalue weighted by atomic mass is 10.0. The molecule has 1 fully saturated rings. The van der Waals surface area contributed by atoms with Crippen molar-refractivity contribution in [2.24, 2.45) is 0 Å². The molecule has 1 aliphatic rings. The summed E-state index contributed by atoms with van der Waals surface area (Å²) in [4.78, 5) is 30.1. The van der Waals surface area contributed by atoms with Gasteiger partial charge in [-0.1, -0.05) is 0 Å². The zero-order chi connectivity index (χ0) is 16.8. The number of hydrogen-bond donors (Lipinski definition) is 2. The molecule has 0 bridgehead atoms. The summed E-state index contributed by atoms with van der Waals surface area (Å²) in [6.45, 7) is 1.98. The van der Waals surface area contributed by atoms with Crippen molar-refractivity contribution in [3.8, 4) is 0 Å². The van der Waals surface area contributed by atoms with Gasteiger partial charge in [0.1, 0.15) is 0 Å². The van der Waals surface area contributed by atoms with Crippen LogP contribution in [0.5, 0.6) is 0 Å². The standard InChI is InChI=1S/C17H20N4O2S/c22-16(19-14-1-6-18-7-2-14)11-21-8-3-15(4-9-21)20-17(23)13-5-10-24-12-13/h1-2,5-7,10,12,15H,3-4,8-9,11H2,(H,20,23)(H,18,19,22). The number of nitrogens with one attached hydrogen (secondary N) is 2. The van der Waals surface area contributed by atoms with Gasteiger partial charge in [0.05, 0.1) is 6.54 Å². The molecule has 6 nitrogen and oxygen atoms in total. The third-order valence-electron chi connectivity index (χ3n) is 4.04. The first-order valence-corrected chi connectivity index (χ1v) is 8.90. The van der Waals surface area contributed by atoms with Crippen LogP contribution in [0.1, 0.15) is 23.2 Å². The predicted octanol–water partition coefficient (Wildman–Crippen LogP) is 1.98. The Kier molecular flexibility index (Phi) is 5.55. The molecule has 2 aromatic rings. The first kappa shape index (κ1) is 16.6. The van der Waals surface area contributed by atoms with Gasteiger partial charge in [-0.25, -0.2) is 0 Å². The van der Waals surface area contributed by atoms with Crippen molar-refractivity contribution in [2.45, 2.75) is 18.9 Å². The van der Waals surface area contributed by atoms with E-state index in [9.17, 15) is 9.59 Å². The monoisotopic (exact) mass is 344 g/mol. The molecule has 126 valence electrons. The first-order chi connectivity index (χ1) is 11.7. The number of rotatable bonds is 5. The highest BCUT2D eigenvalue weighted by molar-refractivity contribution is 7.08. The first-order valence-electron chi connectivity index (χ1n) is 7.96. The normalized spacial score (nSPS) is 15.8. The molecule has 0 aromatic carbocycles. The molecule has 7 heteroatoms. The van der Waals surface area contributed by atoms with Crippen LogP contribution >= 0.6 is 11.3 Å². The van der Waals surface area contributed by atoms with Crippen LogP contribution in [-0.4, -0.2) is 47.4 Å². The number of anilines is 1. The molecule has 0 spiro atoms. The summed E-state index contributed by atoms with van der Waals surface area (Å²) in [5, 5.41) is 9.69. The van der Waals surface area contributed by atoms with E-state index < -0.39 is 0 Å². The highest BCUT2D eigenvalue weighted by Gasteiger charge is 2.22. The van der Waals surface area contributed by atoms with E-state index >= 15 is 0 Å². The van der Waals surface area contributed by atoms with Gasteiger partial charge in [-0.05, 0) is 36.4 Å². The van der Waals surface area contributed by atoms with Crippen molar-refractivity contribution in [1.82, 2.24) is 15.2 Å². The Balaban J connectivity index is 1.40. The molecular formula is C17H20N4O2S. The molecule has 2 N–H and O–H groups in total. The Morgan fingerprint density at radius 1 is 1.21 bits per heavy atom. The number of piperidine rings is 1. The molecule has 3 heterocycles. The zero-order valence-corrected chi connectivity index (χ0v) is 14.1. The largest absolute Gasteiger partial charge is 0.349 e. The van der Waals surface area contributed by atoms with Crippen LogP contribution < -0.4 is 10.6 Å². The van der Waals surface area contributed by atoms with Gasteiger partial charge in [0.25, 0.3) is 5.91 Å². The summed E-state index contributed by atoms with van der Waals surface area (Å²) in [6, 6.07) is 5.55. The van der Waals surface area contributed by atoms with E-state index in [1.165, 1.54) is 11.3 Å². The maximum atomic E-state index is 12.1. The number of carbonyl (C=O) groups is 2. The van der Waals surface area contributed by atoms with Gasteiger partial charge in [-0.15, -0.1) is 0 Å². The molecule has 24 heavy (non-hydrogen) atoms. The predicted molar refractivity (Wildman–Crippen MR) is 94.1 cm³/mol. The smallest absolute Gasteiger partial charge is 0.252 e. The van der Waals surface area contributed by atoms with Gasteiger partial charge in [-0.3, -0.25) is 19.5 Å². The number of likely N-dealkylation sites (tertiary alicyclic amines) is 1. The van der Waals surface area contributed by atoms with Crippen molar-refractivity contribution >= 4 is 28.8 Å². The minimum atomic E-state index is -0.0260.